The molecular weight excluding hydrogens is 507 g/mol. The topological polar surface area (TPSA) is 46.5 Å². The summed E-state index contributed by atoms with van der Waals surface area (Å²) in [5, 5.41) is 8.78. The average Bonchev–Trinajstić information content (AvgIpc) is 2.76. The summed E-state index contributed by atoms with van der Waals surface area (Å²) in [6.45, 7) is 1.86. The van der Waals surface area contributed by atoms with Crippen molar-refractivity contribution in [2.45, 2.75) is 18.2 Å². The van der Waals surface area contributed by atoms with Crippen LogP contribution in [0.25, 0.3) is 5.57 Å². The molecule has 5 heteroatoms. The van der Waals surface area contributed by atoms with E-state index in [2.05, 4.69) is 84.1 Å². The van der Waals surface area contributed by atoms with Crippen molar-refractivity contribution in [3.63, 3.8) is 0 Å². The summed E-state index contributed by atoms with van der Waals surface area (Å²) in [6, 6.07) is 24.9. The molecule has 0 unspecified atom stereocenters. The van der Waals surface area contributed by atoms with Gasteiger partial charge in [-0.05, 0) is 69.5 Å². The highest BCUT2D eigenvalue weighted by molar-refractivity contribution is 14.1. The van der Waals surface area contributed by atoms with Crippen LogP contribution in [0.2, 0.25) is 0 Å². The minimum atomic E-state index is -0.977. The van der Waals surface area contributed by atoms with Gasteiger partial charge in [-0.15, -0.1) is 11.8 Å². The van der Waals surface area contributed by atoms with Crippen LogP contribution in [0.4, 0.5) is 0 Å². The first-order valence-corrected chi connectivity index (χ1v) is 11.8. The molecule has 0 amide bonds. The second-order valence-electron chi connectivity index (χ2n) is 6.58. The van der Waals surface area contributed by atoms with Crippen LogP contribution < -0.4 is 4.74 Å². The summed E-state index contributed by atoms with van der Waals surface area (Å²) < 4.78 is 6.21. The lowest BCUT2D eigenvalue weighted by molar-refractivity contribution is -0.139. The standard InChI is InChI=1S/C25H23IO3S/c1-2-18-8-6-7-11-21(18)22(19-9-4-3-5-10-19)14-15-30-20-12-13-24(23(26)16-20)29-17-25(27)28/h3-14,16H,2,15,17H2,1H3,(H,27,28). The Labute approximate surface area is 195 Å². The highest BCUT2D eigenvalue weighted by atomic mass is 127. The van der Waals surface area contributed by atoms with E-state index in [1.807, 2.05) is 24.3 Å². The van der Waals surface area contributed by atoms with Crippen LogP contribution in [0.15, 0.2) is 83.8 Å². The number of thioether (sulfide) groups is 1. The van der Waals surface area contributed by atoms with Gasteiger partial charge in [0.1, 0.15) is 5.75 Å². The zero-order chi connectivity index (χ0) is 21.3. The van der Waals surface area contributed by atoms with Crippen LogP contribution in [0.1, 0.15) is 23.6 Å². The van der Waals surface area contributed by atoms with Gasteiger partial charge in [-0.3, -0.25) is 0 Å². The Morgan fingerprint density at radius 2 is 1.80 bits per heavy atom. The summed E-state index contributed by atoms with van der Waals surface area (Å²) >= 11 is 3.92. The van der Waals surface area contributed by atoms with Crippen LogP contribution in [-0.4, -0.2) is 23.4 Å². The number of carboxylic acids is 1. The molecule has 1 N–H and O–H groups in total. The smallest absolute Gasteiger partial charge is 0.341 e. The van der Waals surface area contributed by atoms with E-state index < -0.39 is 5.97 Å². The van der Waals surface area contributed by atoms with E-state index in [4.69, 9.17) is 9.84 Å². The van der Waals surface area contributed by atoms with Crippen molar-refractivity contribution < 1.29 is 14.6 Å². The molecule has 0 bridgehead atoms. The highest BCUT2D eigenvalue weighted by Gasteiger charge is 2.09. The maximum absolute atomic E-state index is 10.7. The van der Waals surface area contributed by atoms with Crippen molar-refractivity contribution in [1.82, 2.24) is 0 Å². The van der Waals surface area contributed by atoms with Gasteiger partial charge in [0.25, 0.3) is 0 Å². The molecule has 3 aromatic rings. The number of aryl methyl sites for hydroxylation is 1. The molecule has 3 rings (SSSR count). The fourth-order valence-electron chi connectivity index (χ4n) is 3.14. The molecule has 0 heterocycles. The van der Waals surface area contributed by atoms with E-state index in [0.29, 0.717) is 5.75 Å². The monoisotopic (exact) mass is 530 g/mol. The molecule has 30 heavy (non-hydrogen) atoms. The van der Waals surface area contributed by atoms with Gasteiger partial charge in [-0.1, -0.05) is 67.6 Å². The SMILES string of the molecule is CCc1ccccc1C(=CCSc1ccc(OCC(=O)O)c(I)c1)c1ccccc1. The number of rotatable bonds is 9. The Hall–Kier alpha value is -2.25. The van der Waals surface area contributed by atoms with Crippen LogP contribution >= 0.6 is 34.4 Å². The minimum absolute atomic E-state index is 0.331. The number of aliphatic carboxylic acids is 1. The van der Waals surface area contributed by atoms with Gasteiger partial charge in [0.15, 0.2) is 6.61 Å². The molecule has 0 fully saturated rings. The van der Waals surface area contributed by atoms with Gasteiger partial charge in [-0.25, -0.2) is 4.79 Å². The summed E-state index contributed by atoms with van der Waals surface area (Å²) in [4.78, 5) is 11.8. The molecule has 0 aliphatic heterocycles. The third-order valence-corrected chi connectivity index (χ3v) is 6.33. The number of halogens is 1. The molecule has 0 atom stereocenters. The number of carboxylic acid groups (broad SMARTS) is 1. The van der Waals surface area contributed by atoms with Gasteiger partial charge >= 0.3 is 5.97 Å². The zero-order valence-corrected chi connectivity index (χ0v) is 19.7. The molecule has 0 radical (unpaired) electrons. The molecule has 0 aliphatic carbocycles. The van der Waals surface area contributed by atoms with Crippen molar-refractivity contribution in [3.8, 4) is 5.75 Å². The zero-order valence-electron chi connectivity index (χ0n) is 16.7. The Kier molecular flexibility index (Phi) is 8.39. The summed E-state index contributed by atoms with van der Waals surface area (Å²) in [6.07, 6.45) is 3.28. The Morgan fingerprint density at radius 1 is 1.07 bits per heavy atom. The van der Waals surface area contributed by atoms with Gasteiger partial charge in [0, 0.05) is 10.6 Å². The molecule has 0 saturated carbocycles. The van der Waals surface area contributed by atoms with Crippen LogP contribution in [0.3, 0.4) is 0 Å². The summed E-state index contributed by atoms with van der Waals surface area (Å²) in [7, 11) is 0. The minimum Gasteiger partial charge on any atom is -0.481 e. The molecular formula is C25H23IO3S. The molecule has 0 spiro atoms. The largest absolute Gasteiger partial charge is 0.481 e. The van der Waals surface area contributed by atoms with Gasteiger partial charge < -0.3 is 9.84 Å². The van der Waals surface area contributed by atoms with E-state index in [1.165, 1.54) is 22.3 Å². The Balaban J connectivity index is 1.80. The summed E-state index contributed by atoms with van der Waals surface area (Å²) in [5.74, 6) is 0.447. The van der Waals surface area contributed by atoms with E-state index >= 15 is 0 Å². The van der Waals surface area contributed by atoms with Crippen molar-refractivity contribution in [3.05, 3.63) is 99.1 Å². The lowest BCUT2D eigenvalue weighted by atomic mass is 9.93. The highest BCUT2D eigenvalue weighted by Crippen LogP contribution is 2.30. The lowest BCUT2D eigenvalue weighted by Crippen LogP contribution is -2.10. The number of ether oxygens (including phenoxy) is 1. The third kappa shape index (κ3) is 6.12. The average molecular weight is 530 g/mol. The quantitative estimate of drug-likeness (QED) is 0.252. The van der Waals surface area contributed by atoms with Crippen molar-refractivity contribution in [2.24, 2.45) is 0 Å². The molecule has 3 aromatic carbocycles. The van der Waals surface area contributed by atoms with Crippen molar-refractivity contribution >= 4 is 45.9 Å². The van der Waals surface area contributed by atoms with E-state index in [-0.39, 0.29) is 6.61 Å². The Morgan fingerprint density at radius 3 is 2.50 bits per heavy atom. The number of hydrogen-bond donors (Lipinski definition) is 1. The normalized spacial score (nSPS) is 11.3. The molecule has 0 saturated heterocycles. The van der Waals surface area contributed by atoms with Crippen molar-refractivity contribution in [2.75, 3.05) is 12.4 Å². The first-order chi connectivity index (χ1) is 14.6. The van der Waals surface area contributed by atoms with E-state index in [1.54, 1.807) is 11.8 Å². The molecule has 154 valence electrons. The van der Waals surface area contributed by atoms with Crippen LogP contribution in [-0.2, 0) is 11.2 Å². The van der Waals surface area contributed by atoms with Gasteiger partial charge in [0.05, 0.1) is 3.57 Å². The number of carbonyl (C=O) groups is 1. The molecule has 0 aliphatic rings. The fourth-order valence-corrected chi connectivity index (χ4v) is 4.83. The maximum atomic E-state index is 10.7. The predicted molar refractivity (Wildman–Crippen MR) is 132 cm³/mol. The van der Waals surface area contributed by atoms with Gasteiger partial charge in [-0.2, -0.15) is 0 Å². The second kappa shape index (κ2) is 11.2. The molecule has 0 aromatic heterocycles. The first-order valence-electron chi connectivity index (χ1n) is 9.69. The first kappa shape index (κ1) is 22.4. The van der Waals surface area contributed by atoms with Gasteiger partial charge in [0.2, 0.25) is 0 Å². The lowest BCUT2D eigenvalue weighted by Gasteiger charge is -2.13. The predicted octanol–water partition coefficient (Wildman–Crippen LogP) is 6.54. The third-order valence-electron chi connectivity index (χ3n) is 4.57. The van der Waals surface area contributed by atoms with Crippen LogP contribution in [0, 0.1) is 3.57 Å². The Bertz CT molecular complexity index is 1030. The fraction of sp³-hybridized carbons (Fsp3) is 0.160. The van der Waals surface area contributed by atoms with Crippen molar-refractivity contribution in [1.29, 1.82) is 0 Å². The number of benzene rings is 3. The summed E-state index contributed by atoms with van der Waals surface area (Å²) in [5.41, 5.74) is 5.08. The molecule has 3 nitrogen and oxygen atoms in total. The number of hydrogen-bond acceptors (Lipinski definition) is 3. The maximum Gasteiger partial charge on any atom is 0.341 e. The second-order valence-corrected chi connectivity index (χ2v) is 8.84. The van der Waals surface area contributed by atoms with E-state index in [0.717, 1.165) is 20.6 Å². The van der Waals surface area contributed by atoms with Crippen LogP contribution in [0.5, 0.6) is 5.75 Å². The van der Waals surface area contributed by atoms with E-state index in [9.17, 15) is 4.79 Å².